The molecule has 0 saturated carbocycles. The van der Waals surface area contributed by atoms with Crippen LogP contribution in [0, 0.1) is 13.8 Å². The van der Waals surface area contributed by atoms with E-state index in [4.69, 9.17) is 4.74 Å². The number of thiazole rings is 1. The molecule has 0 unspecified atom stereocenters. The van der Waals surface area contributed by atoms with Crippen LogP contribution in [-0.4, -0.2) is 47.5 Å². The Morgan fingerprint density at radius 3 is 2.89 bits per heavy atom. The van der Waals surface area contributed by atoms with Gasteiger partial charge in [0.05, 0.1) is 18.8 Å². The van der Waals surface area contributed by atoms with Crippen LogP contribution in [-0.2, 0) is 14.3 Å². The fraction of sp³-hybridized carbons (Fsp3) is 0.583. The Bertz CT molecular complexity index is 483. The van der Waals surface area contributed by atoms with Crippen molar-refractivity contribution in [3.05, 3.63) is 10.6 Å². The van der Waals surface area contributed by atoms with Crippen LogP contribution in [0.5, 0.6) is 0 Å². The summed E-state index contributed by atoms with van der Waals surface area (Å²) in [5.41, 5.74) is -0.114. The van der Waals surface area contributed by atoms with E-state index >= 15 is 0 Å². The van der Waals surface area contributed by atoms with Crippen molar-refractivity contribution in [3.63, 3.8) is 0 Å². The zero-order valence-corrected chi connectivity index (χ0v) is 12.0. The Labute approximate surface area is 115 Å². The minimum absolute atomic E-state index is 0.256. The van der Waals surface area contributed by atoms with Gasteiger partial charge in [-0.1, -0.05) is 0 Å². The number of amides is 2. The van der Waals surface area contributed by atoms with E-state index in [0.717, 1.165) is 17.0 Å². The van der Waals surface area contributed by atoms with Gasteiger partial charge in [-0.3, -0.25) is 14.9 Å². The first-order valence-electron chi connectivity index (χ1n) is 6.03. The average Bonchev–Trinajstić information content (AvgIpc) is 2.68. The maximum Gasteiger partial charge on any atom is 0.259 e. The summed E-state index contributed by atoms with van der Waals surface area (Å²) in [6, 6.07) is 0. The Hall–Kier alpha value is -1.47. The molecule has 0 radical (unpaired) electrons. The number of aryl methyl sites for hydroxylation is 2. The first-order valence-corrected chi connectivity index (χ1v) is 6.85. The molecular formula is C12H17N3O3S. The van der Waals surface area contributed by atoms with Crippen LogP contribution >= 0.6 is 11.3 Å². The molecule has 0 bridgehead atoms. The normalized spacial score (nSPS) is 23.2. The van der Waals surface area contributed by atoms with Crippen LogP contribution < -0.4 is 5.32 Å². The molecule has 1 saturated heterocycles. The minimum atomic E-state index is -1.02. The lowest BCUT2D eigenvalue weighted by molar-refractivity contribution is -0.154. The van der Waals surface area contributed by atoms with Crippen LogP contribution in [0.25, 0.3) is 0 Å². The van der Waals surface area contributed by atoms with Crippen molar-refractivity contribution in [2.24, 2.45) is 0 Å². The van der Waals surface area contributed by atoms with Crippen molar-refractivity contribution in [1.82, 2.24) is 9.88 Å². The van der Waals surface area contributed by atoms with E-state index in [2.05, 4.69) is 10.3 Å². The summed E-state index contributed by atoms with van der Waals surface area (Å²) in [4.78, 5) is 29.9. The zero-order chi connectivity index (χ0) is 14.0. The molecular weight excluding hydrogens is 266 g/mol. The largest absolute Gasteiger partial charge is 0.362 e. The number of ether oxygens (including phenoxy) is 1. The van der Waals surface area contributed by atoms with Crippen molar-refractivity contribution < 1.29 is 14.3 Å². The first kappa shape index (κ1) is 14.0. The van der Waals surface area contributed by atoms with E-state index in [0.29, 0.717) is 18.3 Å². The molecule has 104 valence electrons. The predicted octanol–water partition coefficient (Wildman–Crippen LogP) is 0.946. The number of morpholine rings is 1. The molecule has 7 heteroatoms. The monoisotopic (exact) mass is 283 g/mol. The fourth-order valence-corrected chi connectivity index (χ4v) is 2.69. The standard InChI is InChI=1S/C12H17N3O3S/c1-8-9(2)19-11(13-8)14-10(17)12(3)6-15(7-16)4-5-18-12/h7H,4-6H2,1-3H3,(H,13,14,17)/t12-/m1/s1. The molecule has 1 fully saturated rings. The van der Waals surface area contributed by atoms with Crippen molar-refractivity contribution in [3.8, 4) is 0 Å². The maximum atomic E-state index is 12.3. The molecule has 6 nitrogen and oxygen atoms in total. The lowest BCUT2D eigenvalue weighted by Crippen LogP contribution is -2.56. The third-order valence-corrected chi connectivity index (χ3v) is 4.17. The highest BCUT2D eigenvalue weighted by Gasteiger charge is 2.39. The number of carbonyl (C=O) groups is 2. The van der Waals surface area contributed by atoms with Gasteiger partial charge in [0.2, 0.25) is 6.41 Å². The fourth-order valence-electron chi connectivity index (χ4n) is 1.88. The maximum absolute atomic E-state index is 12.3. The summed E-state index contributed by atoms with van der Waals surface area (Å²) in [6.45, 7) is 6.67. The second kappa shape index (κ2) is 5.26. The Balaban J connectivity index is 2.08. The highest BCUT2D eigenvalue weighted by Crippen LogP contribution is 2.24. The zero-order valence-electron chi connectivity index (χ0n) is 11.2. The number of carbonyl (C=O) groups excluding carboxylic acids is 2. The van der Waals surface area contributed by atoms with Crippen molar-refractivity contribution in [2.75, 3.05) is 25.0 Å². The van der Waals surface area contributed by atoms with Crippen molar-refractivity contribution in [1.29, 1.82) is 0 Å². The molecule has 1 aliphatic heterocycles. The lowest BCUT2D eigenvalue weighted by Gasteiger charge is -2.37. The van der Waals surface area contributed by atoms with E-state index in [1.807, 2.05) is 13.8 Å². The topological polar surface area (TPSA) is 71.5 Å². The smallest absolute Gasteiger partial charge is 0.259 e. The third-order valence-electron chi connectivity index (χ3n) is 3.18. The van der Waals surface area contributed by atoms with Crippen LogP contribution in [0.3, 0.4) is 0 Å². The van der Waals surface area contributed by atoms with Gasteiger partial charge in [-0.2, -0.15) is 0 Å². The average molecular weight is 283 g/mol. The Kier molecular flexibility index (Phi) is 3.86. The number of hydrogen-bond donors (Lipinski definition) is 1. The number of rotatable bonds is 3. The lowest BCUT2D eigenvalue weighted by atomic mass is 10.0. The van der Waals surface area contributed by atoms with Gasteiger partial charge in [-0.05, 0) is 20.8 Å². The molecule has 1 aromatic rings. The van der Waals surface area contributed by atoms with Crippen LogP contribution in [0.1, 0.15) is 17.5 Å². The summed E-state index contributed by atoms with van der Waals surface area (Å²) in [5.74, 6) is -0.271. The van der Waals surface area contributed by atoms with Gasteiger partial charge >= 0.3 is 0 Å². The SMILES string of the molecule is Cc1nc(NC(=O)[C@@]2(C)CN(C=O)CCO2)sc1C. The van der Waals surface area contributed by atoms with Gasteiger partial charge in [0.25, 0.3) is 5.91 Å². The second-order valence-corrected chi connectivity index (χ2v) is 5.97. The third kappa shape index (κ3) is 2.93. The molecule has 0 aromatic carbocycles. The van der Waals surface area contributed by atoms with Crippen LogP contribution in [0.15, 0.2) is 0 Å². The van der Waals surface area contributed by atoms with E-state index in [-0.39, 0.29) is 12.5 Å². The van der Waals surface area contributed by atoms with E-state index in [9.17, 15) is 9.59 Å². The summed E-state index contributed by atoms with van der Waals surface area (Å²) >= 11 is 1.43. The van der Waals surface area contributed by atoms with Gasteiger partial charge < -0.3 is 9.64 Å². The highest BCUT2D eigenvalue weighted by molar-refractivity contribution is 7.15. The van der Waals surface area contributed by atoms with Gasteiger partial charge in [0.15, 0.2) is 10.7 Å². The number of aromatic nitrogens is 1. The summed E-state index contributed by atoms with van der Waals surface area (Å²) in [5, 5.41) is 3.32. The number of nitrogens with zero attached hydrogens (tertiary/aromatic N) is 2. The second-order valence-electron chi connectivity index (χ2n) is 4.77. The molecule has 1 atom stereocenters. The summed E-state index contributed by atoms with van der Waals surface area (Å²) in [7, 11) is 0. The minimum Gasteiger partial charge on any atom is -0.362 e. The molecule has 0 spiro atoms. The van der Waals surface area contributed by atoms with Gasteiger partial charge in [-0.25, -0.2) is 4.98 Å². The summed E-state index contributed by atoms with van der Waals surface area (Å²) < 4.78 is 5.53. The van der Waals surface area contributed by atoms with Crippen LogP contribution in [0.2, 0.25) is 0 Å². The number of nitrogens with one attached hydrogen (secondary N) is 1. The quantitative estimate of drug-likeness (QED) is 0.838. The molecule has 2 amide bonds. The van der Waals surface area contributed by atoms with Gasteiger partial charge in [0.1, 0.15) is 0 Å². The van der Waals surface area contributed by atoms with Crippen LogP contribution in [0.4, 0.5) is 5.13 Å². The molecule has 1 N–H and O–H groups in total. The van der Waals surface area contributed by atoms with Gasteiger partial charge in [0, 0.05) is 11.4 Å². The van der Waals surface area contributed by atoms with E-state index in [1.54, 1.807) is 11.8 Å². The highest BCUT2D eigenvalue weighted by atomic mass is 32.1. The molecule has 1 aliphatic rings. The number of anilines is 1. The Morgan fingerprint density at radius 2 is 2.32 bits per heavy atom. The van der Waals surface area contributed by atoms with E-state index in [1.165, 1.54) is 11.3 Å². The molecule has 1 aromatic heterocycles. The first-order chi connectivity index (χ1) is 8.94. The predicted molar refractivity (Wildman–Crippen MR) is 72.2 cm³/mol. The molecule has 19 heavy (non-hydrogen) atoms. The molecule has 2 rings (SSSR count). The number of hydrogen-bond acceptors (Lipinski definition) is 5. The summed E-state index contributed by atoms with van der Waals surface area (Å²) in [6.07, 6.45) is 0.742. The van der Waals surface area contributed by atoms with E-state index < -0.39 is 5.60 Å². The molecule has 0 aliphatic carbocycles. The Morgan fingerprint density at radius 1 is 1.58 bits per heavy atom. The van der Waals surface area contributed by atoms with Crippen molar-refractivity contribution in [2.45, 2.75) is 26.4 Å². The van der Waals surface area contributed by atoms with Crippen molar-refractivity contribution >= 4 is 28.8 Å². The molecule has 2 heterocycles. The van der Waals surface area contributed by atoms with Gasteiger partial charge in [-0.15, -0.1) is 11.3 Å².